The second-order valence-corrected chi connectivity index (χ2v) is 6.57. The van der Waals surface area contributed by atoms with E-state index in [0.717, 1.165) is 30.5 Å². The van der Waals surface area contributed by atoms with Crippen LogP contribution in [0.3, 0.4) is 0 Å². The number of H-pyrrole nitrogens is 1. The number of nitrogens with zero attached hydrogens (tertiary/aromatic N) is 2. The van der Waals surface area contributed by atoms with Crippen molar-refractivity contribution in [3.05, 3.63) is 11.3 Å². The van der Waals surface area contributed by atoms with Crippen molar-refractivity contribution >= 4 is 17.8 Å². The number of rotatable bonds is 7. The SMILES string of the molecule is CCCCNC(=O)NN1CCc2[nH]nc(NC(=O)CC(C)C)c2C1. The number of urea groups is 1. The Balaban J connectivity index is 1.90. The third kappa shape index (κ3) is 5.23. The first-order chi connectivity index (χ1) is 11.5. The predicted molar refractivity (Wildman–Crippen MR) is 92.2 cm³/mol. The van der Waals surface area contributed by atoms with Crippen molar-refractivity contribution in [3.63, 3.8) is 0 Å². The van der Waals surface area contributed by atoms with Crippen LogP contribution in [0.2, 0.25) is 0 Å². The molecule has 0 spiro atoms. The van der Waals surface area contributed by atoms with Gasteiger partial charge in [-0.1, -0.05) is 27.2 Å². The molecule has 2 rings (SSSR count). The minimum Gasteiger partial charge on any atom is -0.337 e. The molecule has 0 aromatic carbocycles. The van der Waals surface area contributed by atoms with Crippen molar-refractivity contribution in [2.24, 2.45) is 5.92 Å². The maximum atomic E-state index is 12.0. The van der Waals surface area contributed by atoms with Crippen LogP contribution in [0.5, 0.6) is 0 Å². The zero-order valence-corrected chi connectivity index (χ0v) is 14.7. The Bertz CT molecular complexity index is 569. The van der Waals surface area contributed by atoms with Crippen LogP contribution in [0, 0.1) is 5.92 Å². The molecule has 4 N–H and O–H groups in total. The van der Waals surface area contributed by atoms with E-state index in [2.05, 4.69) is 33.2 Å². The molecule has 1 aromatic heterocycles. The highest BCUT2D eigenvalue weighted by atomic mass is 16.2. The third-order valence-electron chi connectivity index (χ3n) is 3.86. The van der Waals surface area contributed by atoms with Crippen LogP contribution in [0.15, 0.2) is 0 Å². The highest BCUT2D eigenvalue weighted by Gasteiger charge is 2.24. The smallest absolute Gasteiger partial charge is 0.329 e. The Morgan fingerprint density at radius 3 is 2.88 bits per heavy atom. The van der Waals surface area contributed by atoms with Gasteiger partial charge in [-0.15, -0.1) is 0 Å². The van der Waals surface area contributed by atoms with E-state index in [1.807, 2.05) is 18.9 Å². The number of hydrogen-bond acceptors (Lipinski definition) is 4. The third-order valence-corrected chi connectivity index (χ3v) is 3.86. The first-order valence-corrected chi connectivity index (χ1v) is 8.65. The lowest BCUT2D eigenvalue weighted by Crippen LogP contribution is -2.49. The van der Waals surface area contributed by atoms with Crippen molar-refractivity contribution in [1.82, 2.24) is 25.9 Å². The summed E-state index contributed by atoms with van der Waals surface area (Å²) >= 11 is 0. The summed E-state index contributed by atoms with van der Waals surface area (Å²) in [5.41, 5.74) is 4.80. The van der Waals surface area contributed by atoms with Crippen LogP contribution >= 0.6 is 0 Å². The molecule has 0 atom stereocenters. The number of aromatic nitrogens is 2. The summed E-state index contributed by atoms with van der Waals surface area (Å²) in [5.74, 6) is 0.819. The van der Waals surface area contributed by atoms with Crippen molar-refractivity contribution in [1.29, 1.82) is 0 Å². The Hall–Kier alpha value is -2.09. The summed E-state index contributed by atoms with van der Waals surface area (Å²) in [5, 5.41) is 14.7. The molecule has 1 aliphatic heterocycles. The lowest BCUT2D eigenvalue weighted by molar-refractivity contribution is -0.116. The number of amides is 3. The minimum atomic E-state index is -0.194. The van der Waals surface area contributed by atoms with E-state index in [4.69, 9.17) is 0 Å². The Morgan fingerprint density at radius 2 is 2.17 bits per heavy atom. The fraction of sp³-hybridized carbons (Fsp3) is 0.688. The molecule has 0 aliphatic carbocycles. The van der Waals surface area contributed by atoms with E-state index in [9.17, 15) is 9.59 Å². The van der Waals surface area contributed by atoms with Crippen LogP contribution in [-0.2, 0) is 17.8 Å². The van der Waals surface area contributed by atoms with E-state index in [1.54, 1.807) is 0 Å². The summed E-state index contributed by atoms with van der Waals surface area (Å²) in [6.07, 6.45) is 3.22. The molecule has 2 heterocycles. The highest BCUT2D eigenvalue weighted by molar-refractivity contribution is 5.90. The monoisotopic (exact) mass is 336 g/mol. The number of aromatic amines is 1. The number of hydrogen-bond donors (Lipinski definition) is 4. The normalized spacial score (nSPS) is 14.3. The molecule has 8 heteroatoms. The van der Waals surface area contributed by atoms with Crippen LogP contribution < -0.4 is 16.1 Å². The number of nitrogens with one attached hydrogen (secondary N) is 4. The highest BCUT2D eigenvalue weighted by Crippen LogP contribution is 2.23. The summed E-state index contributed by atoms with van der Waals surface area (Å²) < 4.78 is 0. The van der Waals surface area contributed by atoms with Crippen molar-refractivity contribution in [3.8, 4) is 0 Å². The van der Waals surface area contributed by atoms with Crippen LogP contribution in [0.1, 0.15) is 51.3 Å². The lowest BCUT2D eigenvalue weighted by atomic mass is 10.1. The van der Waals surface area contributed by atoms with Crippen molar-refractivity contribution in [2.75, 3.05) is 18.4 Å². The molecule has 0 saturated carbocycles. The summed E-state index contributed by atoms with van der Waals surface area (Å²) in [4.78, 5) is 23.8. The molecule has 0 saturated heterocycles. The number of carbonyl (C=O) groups excluding carboxylic acids is 2. The molecule has 8 nitrogen and oxygen atoms in total. The van der Waals surface area contributed by atoms with Gasteiger partial charge in [0.25, 0.3) is 0 Å². The van der Waals surface area contributed by atoms with E-state index in [-0.39, 0.29) is 11.9 Å². The first kappa shape index (κ1) is 18.3. The molecule has 0 bridgehead atoms. The predicted octanol–water partition coefficient (Wildman–Crippen LogP) is 1.77. The van der Waals surface area contributed by atoms with E-state index < -0.39 is 0 Å². The van der Waals surface area contributed by atoms with Crippen LogP contribution in [0.4, 0.5) is 10.6 Å². The van der Waals surface area contributed by atoms with Gasteiger partial charge in [-0.2, -0.15) is 5.10 Å². The van der Waals surface area contributed by atoms with Gasteiger partial charge in [-0.25, -0.2) is 9.80 Å². The largest absolute Gasteiger partial charge is 0.337 e. The molecule has 24 heavy (non-hydrogen) atoms. The second-order valence-electron chi connectivity index (χ2n) is 6.57. The molecular formula is C16H28N6O2. The van der Waals surface area contributed by atoms with Gasteiger partial charge in [0, 0.05) is 43.7 Å². The number of unbranched alkanes of at least 4 members (excludes halogenated alkanes) is 1. The van der Waals surface area contributed by atoms with E-state index >= 15 is 0 Å². The topological polar surface area (TPSA) is 102 Å². The van der Waals surface area contributed by atoms with Crippen LogP contribution in [0.25, 0.3) is 0 Å². The first-order valence-electron chi connectivity index (χ1n) is 8.65. The van der Waals surface area contributed by atoms with Gasteiger partial charge in [0.05, 0.1) is 0 Å². The van der Waals surface area contributed by atoms with Gasteiger partial charge in [-0.3, -0.25) is 15.3 Å². The maximum absolute atomic E-state index is 12.0. The fourth-order valence-electron chi connectivity index (χ4n) is 2.61. The van der Waals surface area contributed by atoms with Gasteiger partial charge >= 0.3 is 6.03 Å². The standard InChI is InChI=1S/C16H28N6O2/c1-4-5-7-17-16(24)21-22-8-6-13-12(10-22)15(20-19-13)18-14(23)9-11(2)3/h11H,4-10H2,1-3H3,(H2,17,21,24)(H2,18,19,20,23). The molecule has 0 unspecified atom stereocenters. The molecule has 0 radical (unpaired) electrons. The molecule has 1 aromatic rings. The zero-order chi connectivity index (χ0) is 17.5. The Labute approximate surface area is 142 Å². The Kier molecular flexibility index (Phi) is 6.60. The molecule has 3 amide bonds. The molecule has 134 valence electrons. The summed E-state index contributed by atoms with van der Waals surface area (Å²) in [7, 11) is 0. The van der Waals surface area contributed by atoms with Gasteiger partial charge in [0.2, 0.25) is 5.91 Å². The number of fused-ring (bicyclic) bond motifs is 1. The van der Waals surface area contributed by atoms with Crippen molar-refractivity contribution < 1.29 is 9.59 Å². The van der Waals surface area contributed by atoms with Gasteiger partial charge < -0.3 is 10.6 Å². The zero-order valence-electron chi connectivity index (χ0n) is 14.7. The molecule has 0 fully saturated rings. The minimum absolute atomic E-state index is 0.0401. The van der Waals surface area contributed by atoms with Gasteiger partial charge in [0.15, 0.2) is 5.82 Å². The number of hydrazine groups is 1. The maximum Gasteiger partial charge on any atom is 0.329 e. The van der Waals surface area contributed by atoms with Crippen LogP contribution in [-0.4, -0.2) is 40.2 Å². The lowest BCUT2D eigenvalue weighted by Gasteiger charge is -2.27. The molecule has 1 aliphatic rings. The quantitative estimate of drug-likeness (QED) is 0.570. The second kappa shape index (κ2) is 8.68. The number of anilines is 1. The Morgan fingerprint density at radius 1 is 1.38 bits per heavy atom. The summed E-state index contributed by atoms with van der Waals surface area (Å²) in [6.45, 7) is 7.98. The van der Waals surface area contributed by atoms with Gasteiger partial charge in [-0.05, 0) is 12.3 Å². The van der Waals surface area contributed by atoms with Gasteiger partial charge in [0.1, 0.15) is 0 Å². The average Bonchev–Trinajstić information content (AvgIpc) is 2.89. The molecular weight excluding hydrogens is 308 g/mol. The summed E-state index contributed by atoms with van der Waals surface area (Å²) in [6, 6.07) is -0.194. The number of carbonyl (C=O) groups is 2. The van der Waals surface area contributed by atoms with E-state index in [1.165, 1.54) is 0 Å². The van der Waals surface area contributed by atoms with Crippen molar-refractivity contribution in [2.45, 2.75) is 53.0 Å². The average molecular weight is 336 g/mol. The van der Waals surface area contributed by atoms with E-state index in [0.29, 0.717) is 37.8 Å². The fourth-order valence-corrected chi connectivity index (χ4v) is 2.61.